The third-order valence-electron chi connectivity index (χ3n) is 13.7. The number of nitrogens with two attached hydrogens (primary N) is 1. The van der Waals surface area contributed by atoms with E-state index < -0.39 is 11.5 Å². The topological polar surface area (TPSA) is 83.6 Å². The number of carbonyl (C=O) groups is 1. The molecule has 0 spiro atoms. The van der Waals surface area contributed by atoms with Crippen LogP contribution in [0.3, 0.4) is 0 Å². The molecule has 0 saturated heterocycles. The maximum atomic E-state index is 13.0. The first-order chi connectivity index (χ1) is 15.8. The monoisotopic (exact) mass is 471 g/mol. The molecule has 192 valence electrons. The largest absolute Gasteiger partial charge is 0.396 e. The molecule has 1 unspecified atom stereocenters. The Labute approximate surface area is 207 Å². The van der Waals surface area contributed by atoms with Crippen molar-refractivity contribution >= 4 is 5.91 Å². The van der Waals surface area contributed by atoms with E-state index in [1.165, 1.54) is 18.4 Å². The van der Waals surface area contributed by atoms with Crippen LogP contribution in [0.25, 0.3) is 0 Å². The summed E-state index contributed by atoms with van der Waals surface area (Å²) in [4.78, 5) is 13.0. The van der Waals surface area contributed by atoms with Crippen molar-refractivity contribution in [3.05, 3.63) is 12.2 Å². The van der Waals surface area contributed by atoms with Crippen molar-refractivity contribution in [2.24, 2.45) is 62.4 Å². The van der Waals surface area contributed by atoms with Gasteiger partial charge in [-0.2, -0.15) is 0 Å². The van der Waals surface area contributed by atoms with Crippen LogP contribution in [-0.4, -0.2) is 28.8 Å². The predicted molar refractivity (Wildman–Crippen MR) is 136 cm³/mol. The molecule has 4 heteroatoms. The molecule has 0 aromatic carbocycles. The number of carbonyl (C=O) groups excluding carboxylic acids is 1. The van der Waals surface area contributed by atoms with Crippen LogP contribution < -0.4 is 5.73 Å². The number of aliphatic hydroxyl groups is 2. The summed E-state index contributed by atoms with van der Waals surface area (Å²) in [6.07, 6.45) is 10.0. The number of rotatable bonds is 3. The molecule has 11 atom stereocenters. The first kappa shape index (κ1) is 24.8. The van der Waals surface area contributed by atoms with Gasteiger partial charge in [-0.15, -0.1) is 0 Å². The van der Waals surface area contributed by atoms with Crippen molar-refractivity contribution in [1.82, 2.24) is 0 Å². The van der Waals surface area contributed by atoms with Gasteiger partial charge in [-0.25, -0.2) is 0 Å². The van der Waals surface area contributed by atoms with E-state index in [0.717, 1.165) is 51.4 Å². The molecular weight excluding hydrogens is 422 g/mol. The van der Waals surface area contributed by atoms with Crippen molar-refractivity contribution in [3.8, 4) is 0 Å². The van der Waals surface area contributed by atoms with Gasteiger partial charge in [0.25, 0.3) is 0 Å². The van der Waals surface area contributed by atoms with Crippen molar-refractivity contribution < 1.29 is 15.0 Å². The number of aliphatic hydroxyl groups excluding tert-OH is 2. The van der Waals surface area contributed by atoms with E-state index in [1.807, 2.05) is 0 Å². The second kappa shape index (κ2) is 7.57. The summed E-state index contributed by atoms with van der Waals surface area (Å²) in [6, 6.07) is 0. The standard InChI is InChI=1S/C30H49NO3/c1-18(2)19-9-14-30(25(31)34)16-15-28(5)20(24(19)30)7-8-22-26(3)12-11-23(33)27(4,17-32)21(26)10-13-29(22,28)6/h19-24,32-33H,1,7-17H2,2-6H3,(H2,31,34)/t19-,20?,21+,22+,23-,24+,26-,27-,28+,29+,30-/m0/s1. The van der Waals surface area contributed by atoms with Gasteiger partial charge in [0.1, 0.15) is 0 Å². The quantitative estimate of drug-likeness (QED) is 0.478. The lowest BCUT2D eigenvalue weighted by Gasteiger charge is -2.72. The summed E-state index contributed by atoms with van der Waals surface area (Å²) in [6.45, 7) is 16.4. The van der Waals surface area contributed by atoms with Crippen molar-refractivity contribution in [1.29, 1.82) is 0 Å². The molecule has 0 aromatic heterocycles. The van der Waals surface area contributed by atoms with E-state index in [1.54, 1.807) is 0 Å². The number of hydrogen-bond donors (Lipinski definition) is 3. The first-order valence-corrected chi connectivity index (χ1v) is 14.1. The van der Waals surface area contributed by atoms with E-state index in [9.17, 15) is 15.0 Å². The highest BCUT2D eigenvalue weighted by Crippen LogP contribution is 2.77. The van der Waals surface area contributed by atoms with Gasteiger partial charge in [0.05, 0.1) is 18.1 Å². The molecular formula is C30H49NO3. The second-order valence-corrected chi connectivity index (χ2v) is 14.4. The van der Waals surface area contributed by atoms with Gasteiger partial charge in [0.15, 0.2) is 0 Å². The third kappa shape index (κ3) is 2.76. The maximum Gasteiger partial charge on any atom is 0.223 e. The van der Waals surface area contributed by atoms with Crippen LogP contribution in [0, 0.1) is 56.7 Å². The Morgan fingerprint density at radius 2 is 1.62 bits per heavy atom. The Morgan fingerprint density at radius 1 is 0.912 bits per heavy atom. The van der Waals surface area contributed by atoms with Crippen molar-refractivity contribution in [3.63, 3.8) is 0 Å². The first-order valence-electron chi connectivity index (χ1n) is 14.1. The molecule has 5 fully saturated rings. The summed E-state index contributed by atoms with van der Waals surface area (Å²) in [7, 11) is 0. The minimum atomic E-state index is -0.410. The third-order valence-corrected chi connectivity index (χ3v) is 13.7. The molecule has 0 radical (unpaired) electrons. The molecule has 4 nitrogen and oxygen atoms in total. The highest BCUT2D eigenvalue weighted by molar-refractivity contribution is 5.82. The van der Waals surface area contributed by atoms with Gasteiger partial charge in [-0.05, 0) is 117 Å². The van der Waals surface area contributed by atoms with E-state index in [0.29, 0.717) is 29.6 Å². The van der Waals surface area contributed by atoms with E-state index in [2.05, 4.69) is 41.2 Å². The number of allylic oxidation sites excluding steroid dienone is 1. The van der Waals surface area contributed by atoms with Crippen LogP contribution in [0.4, 0.5) is 0 Å². The molecule has 0 aliphatic heterocycles. The van der Waals surface area contributed by atoms with E-state index >= 15 is 0 Å². The minimum absolute atomic E-state index is 0.0637. The predicted octanol–water partition coefficient (Wildman–Crippen LogP) is 5.46. The van der Waals surface area contributed by atoms with E-state index in [4.69, 9.17) is 5.73 Å². The molecule has 4 N–H and O–H groups in total. The Kier molecular flexibility index (Phi) is 5.52. The molecule has 1 amide bonds. The molecule has 5 aliphatic carbocycles. The number of primary amides is 1. The van der Waals surface area contributed by atoms with E-state index in [-0.39, 0.29) is 34.2 Å². The Morgan fingerprint density at radius 3 is 2.24 bits per heavy atom. The van der Waals surface area contributed by atoms with Crippen LogP contribution in [0.15, 0.2) is 12.2 Å². The van der Waals surface area contributed by atoms with Gasteiger partial charge in [-0.1, -0.05) is 39.8 Å². The Balaban J connectivity index is 1.56. The number of fused-ring (bicyclic) bond motifs is 7. The fraction of sp³-hybridized carbons (Fsp3) is 0.900. The van der Waals surface area contributed by atoms with Crippen LogP contribution in [0.1, 0.15) is 98.8 Å². The normalized spacial score (nSPS) is 56.6. The zero-order valence-electron chi connectivity index (χ0n) is 22.3. The van der Waals surface area contributed by atoms with Crippen LogP contribution in [-0.2, 0) is 4.79 Å². The van der Waals surface area contributed by atoms with Crippen LogP contribution >= 0.6 is 0 Å². The lowest BCUT2D eigenvalue weighted by Crippen LogP contribution is -2.68. The molecule has 5 rings (SSSR count). The number of hydrogen-bond acceptors (Lipinski definition) is 3. The highest BCUT2D eigenvalue weighted by atomic mass is 16.3. The van der Waals surface area contributed by atoms with Gasteiger partial charge < -0.3 is 15.9 Å². The Hall–Kier alpha value is -0.870. The average Bonchev–Trinajstić information content (AvgIpc) is 3.18. The van der Waals surface area contributed by atoms with Crippen molar-refractivity contribution in [2.75, 3.05) is 6.61 Å². The zero-order chi connectivity index (χ0) is 24.9. The van der Waals surface area contributed by atoms with Gasteiger partial charge >= 0.3 is 0 Å². The zero-order valence-corrected chi connectivity index (χ0v) is 22.3. The van der Waals surface area contributed by atoms with Crippen LogP contribution in [0.5, 0.6) is 0 Å². The van der Waals surface area contributed by atoms with Gasteiger partial charge in [0, 0.05) is 5.41 Å². The molecule has 5 saturated carbocycles. The minimum Gasteiger partial charge on any atom is -0.396 e. The fourth-order valence-electron chi connectivity index (χ4n) is 11.6. The highest BCUT2D eigenvalue weighted by Gasteiger charge is 2.71. The molecule has 34 heavy (non-hydrogen) atoms. The summed E-state index contributed by atoms with van der Waals surface area (Å²) in [5.41, 5.74) is 7.19. The van der Waals surface area contributed by atoms with Gasteiger partial charge in [-0.3, -0.25) is 4.79 Å². The average molecular weight is 472 g/mol. The maximum absolute atomic E-state index is 13.0. The smallest absolute Gasteiger partial charge is 0.223 e. The molecule has 0 heterocycles. The Bertz CT molecular complexity index is 886. The van der Waals surface area contributed by atoms with Crippen LogP contribution in [0.2, 0.25) is 0 Å². The molecule has 5 aliphatic rings. The fourth-order valence-corrected chi connectivity index (χ4v) is 11.6. The lowest BCUT2D eigenvalue weighted by molar-refractivity contribution is -0.252. The summed E-state index contributed by atoms with van der Waals surface area (Å²) < 4.78 is 0. The summed E-state index contributed by atoms with van der Waals surface area (Å²) in [5.74, 6) is 2.13. The number of amides is 1. The molecule has 0 bridgehead atoms. The SMILES string of the molecule is C=C(C)[C@@H]1CC[C@]2(C(N)=O)CC[C@]3(C)C(CC[C@@H]4[C@@]5(C)CC[C@H](O)[C@@](C)(CO)[C@@H]5CC[C@]43C)[C@@H]12. The summed E-state index contributed by atoms with van der Waals surface area (Å²) >= 11 is 0. The van der Waals surface area contributed by atoms with Gasteiger partial charge in [0.2, 0.25) is 5.91 Å². The second-order valence-electron chi connectivity index (χ2n) is 14.4. The molecule has 0 aromatic rings. The summed E-state index contributed by atoms with van der Waals surface area (Å²) in [5, 5.41) is 21.4. The van der Waals surface area contributed by atoms with Crippen molar-refractivity contribution in [2.45, 2.75) is 105 Å². The lowest BCUT2D eigenvalue weighted by atomic mass is 9.32.